The summed E-state index contributed by atoms with van der Waals surface area (Å²) >= 11 is 0. The highest BCUT2D eigenvalue weighted by atomic mass is 16.6. The lowest BCUT2D eigenvalue weighted by Crippen LogP contribution is -2.12. The first kappa shape index (κ1) is 33.9. The molecule has 0 aromatic heterocycles. The Balaban J connectivity index is 3.13. The molecule has 0 aliphatic carbocycles. The largest absolute Gasteiger partial charge is 0.368 e. The maximum Gasteiger partial charge on any atom is 0.154 e. The molecular weight excluding hydrogens is 416 g/mol. The van der Waals surface area contributed by atoms with Gasteiger partial charge in [0.15, 0.2) is 6.29 Å². The molecule has 0 rings (SSSR count). The lowest BCUT2D eigenvalue weighted by molar-refractivity contribution is -0.105. The summed E-state index contributed by atoms with van der Waals surface area (Å²) in [6.45, 7) is 5.31. The molecule has 0 bridgehead atoms. The van der Waals surface area contributed by atoms with E-state index in [1.807, 2.05) is 0 Å². The summed E-state index contributed by atoms with van der Waals surface area (Å²) in [4.78, 5) is 0. The molecule has 2 nitrogen and oxygen atoms in total. The highest BCUT2D eigenvalue weighted by molar-refractivity contribution is 4.52. The molecule has 0 aromatic rings. The number of aliphatic hydroxyl groups is 1. The summed E-state index contributed by atoms with van der Waals surface area (Å²) in [6.07, 6.45) is 37.4. The lowest BCUT2D eigenvalue weighted by Gasteiger charge is -2.12. The van der Waals surface area contributed by atoms with Crippen LogP contribution in [0.15, 0.2) is 0 Å². The SMILES string of the molecule is CCCCCCCCCCCCCCCCCC(O)OCCCCCCCCCCCCCC. The zero-order valence-corrected chi connectivity index (χ0v) is 23.9. The van der Waals surface area contributed by atoms with Crippen LogP contribution in [-0.2, 0) is 4.74 Å². The minimum atomic E-state index is -0.533. The third-order valence-corrected chi connectivity index (χ3v) is 7.36. The molecule has 0 saturated carbocycles. The Hall–Kier alpha value is -0.0800. The summed E-state index contributed by atoms with van der Waals surface area (Å²) in [6, 6.07) is 0. The minimum absolute atomic E-state index is 0.533. The van der Waals surface area contributed by atoms with Crippen molar-refractivity contribution in [2.24, 2.45) is 0 Å². The summed E-state index contributed by atoms with van der Waals surface area (Å²) in [5.41, 5.74) is 0. The fraction of sp³-hybridized carbons (Fsp3) is 1.00. The maximum absolute atomic E-state index is 10.0. The van der Waals surface area contributed by atoms with E-state index in [9.17, 15) is 5.11 Å². The number of rotatable bonds is 30. The van der Waals surface area contributed by atoms with Gasteiger partial charge in [0.05, 0.1) is 0 Å². The fourth-order valence-corrected chi connectivity index (χ4v) is 4.94. The molecule has 2 heteroatoms. The average molecular weight is 483 g/mol. The van der Waals surface area contributed by atoms with Crippen molar-refractivity contribution in [3.05, 3.63) is 0 Å². The van der Waals surface area contributed by atoms with Gasteiger partial charge >= 0.3 is 0 Å². The van der Waals surface area contributed by atoms with Crippen LogP contribution in [0, 0.1) is 0 Å². The van der Waals surface area contributed by atoms with E-state index in [1.54, 1.807) is 0 Å². The smallest absolute Gasteiger partial charge is 0.154 e. The predicted molar refractivity (Wildman–Crippen MR) is 153 cm³/mol. The Morgan fingerprint density at radius 3 is 0.971 bits per heavy atom. The van der Waals surface area contributed by atoms with Crippen LogP contribution in [0.25, 0.3) is 0 Å². The monoisotopic (exact) mass is 483 g/mol. The first-order chi connectivity index (χ1) is 16.8. The molecule has 0 amide bonds. The summed E-state index contributed by atoms with van der Waals surface area (Å²) in [5, 5.41) is 10.0. The van der Waals surface area contributed by atoms with Crippen LogP contribution in [-0.4, -0.2) is 18.0 Å². The van der Waals surface area contributed by atoms with E-state index < -0.39 is 6.29 Å². The topological polar surface area (TPSA) is 29.5 Å². The van der Waals surface area contributed by atoms with Crippen molar-refractivity contribution in [3.8, 4) is 0 Å². The van der Waals surface area contributed by atoms with Crippen LogP contribution >= 0.6 is 0 Å². The predicted octanol–water partition coefficient (Wildman–Crippen LogP) is 11.3. The molecule has 0 saturated heterocycles. The highest BCUT2D eigenvalue weighted by Crippen LogP contribution is 2.15. The molecule has 1 N–H and O–H groups in total. The summed E-state index contributed by atoms with van der Waals surface area (Å²) < 4.78 is 5.61. The zero-order valence-electron chi connectivity index (χ0n) is 23.9. The van der Waals surface area contributed by atoms with Crippen LogP contribution in [0.4, 0.5) is 0 Å². The number of hydrogen-bond donors (Lipinski definition) is 1. The van der Waals surface area contributed by atoms with Crippen LogP contribution < -0.4 is 0 Å². The van der Waals surface area contributed by atoms with E-state index in [4.69, 9.17) is 4.74 Å². The second-order valence-corrected chi connectivity index (χ2v) is 11.0. The zero-order chi connectivity index (χ0) is 24.8. The van der Waals surface area contributed by atoms with Crippen LogP contribution in [0.2, 0.25) is 0 Å². The first-order valence-electron chi connectivity index (χ1n) is 16.1. The maximum atomic E-state index is 10.0. The van der Waals surface area contributed by atoms with Gasteiger partial charge in [0.2, 0.25) is 0 Å². The minimum Gasteiger partial charge on any atom is -0.368 e. The fourth-order valence-electron chi connectivity index (χ4n) is 4.94. The van der Waals surface area contributed by atoms with Crippen LogP contribution in [0.3, 0.4) is 0 Å². The lowest BCUT2D eigenvalue weighted by atomic mass is 10.0. The molecule has 0 heterocycles. The van der Waals surface area contributed by atoms with Crippen molar-refractivity contribution < 1.29 is 9.84 Å². The van der Waals surface area contributed by atoms with Gasteiger partial charge in [-0.2, -0.15) is 0 Å². The molecule has 206 valence electrons. The first-order valence-corrected chi connectivity index (χ1v) is 16.1. The van der Waals surface area contributed by atoms with E-state index in [2.05, 4.69) is 13.8 Å². The molecule has 0 fully saturated rings. The van der Waals surface area contributed by atoms with E-state index in [0.717, 1.165) is 25.9 Å². The number of aliphatic hydroxyl groups excluding tert-OH is 1. The van der Waals surface area contributed by atoms with Crippen molar-refractivity contribution in [2.75, 3.05) is 6.61 Å². The van der Waals surface area contributed by atoms with Crippen LogP contribution in [0.1, 0.15) is 194 Å². The van der Waals surface area contributed by atoms with Gasteiger partial charge in [-0.3, -0.25) is 0 Å². The molecule has 0 spiro atoms. The second kappa shape index (κ2) is 31.0. The van der Waals surface area contributed by atoms with Gasteiger partial charge in [-0.15, -0.1) is 0 Å². The molecule has 0 aliphatic heterocycles. The standard InChI is InChI=1S/C32H66O2/c1-3-5-7-9-11-13-15-17-18-19-20-22-24-26-28-30-32(33)34-31-29-27-25-23-21-16-14-12-10-8-6-4-2/h32-33H,3-31H2,1-2H3. The summed E-state index contributed by atoms with van der Waals surface area (Å²) in [5.74, 6) is 0. The van der Waals surface area contributed by atoms with Gasteiger partial charge in [-0.25, -0.2) is 0 Å². The Morgan fingerprint density at radius 1 is 0.382 bits per heavy atom. The molecule has 1 unspecified atom stereocenters. The average Bonchev–Trinajstić information content (AvgIpc) is 2.84. The van der Waals surface area contributed by atoms with Crippen molar-refractivity contribution in [1.29, 1.82) is 0 Å². The number of hydrogen-bond acceptors (Lipinski definition) is 2. The Morgan fingerprint density at radius 2 is 0.647 bits per heavy atom. The Bertz CT molecular complexity index is 344. The van der Waals surface area contributed by atoms with Gasteiger partial charge in [-0.05, 0) is 19.3 Å². The molecule has 1 atom stereocenters. The molecular formula is C32H66O2. The van der Waals surface area contributed by atoms with Crippen molar-refractivity contribution in [1.82, 2.24) is 0 Å². The quantitative estimate of drug-likeness (QED) is 0.0814. The highest BCUT2D eigenvalue weighted by Gasteiger charge is 2.03. The van der Waals surface area contributed by atoms with E-state index in [0.29, 0.717) is 0 Å². The van der Waals surface area contributed by atoms with E-state index in [-0.39, 0.29) is 0 Å². The summed E-state index contributed by atoms with van der Waals surface area (Å²) in [7, 11) is 0. The van der Waals surface area contributed by atoms with Crippen molar-refractivity contribution in [3.63, 3.8) is 0 Å². The number of unbranched alkanes of at least 4 members (excludes halogenated alkanes) is 25. The molecule has 0 aromatic carbocycles. The van der Waals surface area contributed by atoms with Gasteiger partial charge in [0, 0.05) is 6.61 Å². The normalized spacial score (nSPS) is 12.4. The molecule has 0 radical (unpaired) electrons. The number of ether oxygens (including phenoxy) is 1. The molecule has 34 heavy (non-hydrogen) atoms. The van der Waals surface area contributed by atoms with Gasteiger partial charge in [0.1, 0.15) is 0 Å². The van der Waals surface area contributed by atoms with E-state index in [1.165, 1.54) is 161 Å². The van der Waals surface area contributed by atoms with Crippen molar-refractivity contribution >= 4 is 0 Å². The Labute approximate surface area is 216 Å². The van der Waals surface area contributed by atoms with Gasteiger partial charge < -0.3 is 9.84 Å². The van der Waals surface area contributed by atoms with E-state index >= 15 is 0 Å². The second-order valence-electron chi connectivity index (χ2n) is 11.0. The van der Waals surface area contributed by atoms with Crippen molar-refractivity contribution in [2.45, 2.75) is 200 Å². The van der Waals surface area contributed by atoms with Gasteiger partial charge in [-0.1, -0.05) is 174 Å². The van der Waals surface area contributed by atoms with Crippen LogP contribution in [0.5, 0.6) is 0 Å². The third kappa shape index (κ3) is 30.0. The Kier molecular flexibility index (Phi) is 30.9. The third-order valence-electron chi connectivity index (χ3n) is 7.36. The molecule has 0 aliphatic rings. The van der Waals surface area contributed by atoms with Gasteiger partial charge in [0.25, 0.3) is 0 Å².